The van der Waals surface area contributed by atoms with Crippen LogP contribution in [0.1, 0.15) is 16.4 Å². The number of carboxylic acid groups (broad SMARTS) is 1. The maximum Gasteiger partial charge on any atom is 0.368 e. The van der Waals surface area contributed by atoms with Gasteiger partial charge in [0.1, 0.15) is 12.8 Å². The van der Waals surface area contributed by atoms with Gasteiger partial charge in [-0.3, -0.25) is 0 Å². The summed E-state index contributed by atoms with van der Waals surface area (Å²) in [6, 6.07) is 8.80. The van der Waals surface area contributed by atoms with Crippen molar-refractivity contribution in [2.24, 2.45) is 0 Å². The molecule has 0 fully saturated rings. The van der Waals surface area contributed by atoms with E-state index in [0.717, 1.165) is 15.6 Å². The van der Waals surface area contributed by atoms with Crippen molar-refractivity contribution in [3.8, 4) is 5.69 Å². The lowest BCUT2D eigenvalue weighted by Gasteiger charge is -1.96. The molecule has 0 saturated heterocycles. The standard InChI is InChI=1S/C12H9N5O4/c18-11(19)9-7-21-10(13-9)6-16-12(20)17(15-14-16)8-4-2-1-3-5-8/h1-5,7H,6H2,(H,18,19). The van der Waals surface area contributed by atoms with E-state index in [2.05, 4.69) is 15.4 Å². The zero-order valence-corrected chi connectivity index (χ0v) is 10.6. The first-order valence-corrected chi connectivity index (χ1v) is 5.91. The monoisotopic (exact) mass is 287 g/mol. The topological polar surface area (TPSA) is 116 Å². The van der Waals surface area contributed by atoms with Crippen LogP contribution in [0.25, 0.3) is 5.69 Å². The first kappa shape index (κ1) is 12.8. The highest BCUT2D eigenvalue weighted by Crippen LogP contribution is 2.04. The fraction of sp³-hybridized carbons (Fsp3) is 0.0833. The molecule has 0 aliphatic rings. The van der Waals surface area contributed by atoms with Crippen LogP contribution >= 0.6 is 0 Å². The van der Waals surface area contributed by atoms with Crippen LogP contribution in [0.15, 0.2) is 45.8 Å². The van der Waals surface area contributed by atoms with Gasteiger partial charge < -0.3 is 9.52 Å². The lowest BCUT2D eigenvalue weighted by molar-refractivity contribution is 0.0690. The minimum Gasteiger partial charge on any atom is -0.476 e. The van der Waals surface area contributed by atoms with Crippen molar-refractivity contribution in [3.05, 3.63) is 58.7 Å². The lowest BCUT2D eigenvalue weighted by atomic mass is 10.3. The minimum absolute atomic E-state index is 0.0645. The molecule has 2 aromatic heterocycles. The van der Waals surface area contributed by atoms with Crippen LogP contribution in [0.5, 0.6) is 0 Å². The Labute approximate surface area is 117 Å². The number of aromatic carboxylic acids is 1. The molecule has 0 unspecified atom stereocenters. The third-order valence-electron chi connectivity index (χ3n) is 2.70. The highest BCUT2D eigenvalue weighted by Gasteiger charge is 2.14. The van der Waals surface area contributed by atoms with E-state index in [1.54, 1.807) is 24.3 Å². The summed E-state index contributed by atoms with van der Waals surface area (Å²) >= 11 is 0. The average molecular weight is 287 g/mol. The molecule has 0 saturated carbocycles. The van der Waals surface area contributed by atoms with Crippen LogP contribution in [0.2, 0.25) is 0 Å². The summed E-state index contributed by atoms with van der Waals surface area (Å²) in [6.07, 6.45) is 1.00. The van der Waals surface area contributed by atoms with Gasteiger partial charge in [0, 0.05) is 0 Å². The quantitative estimate of drug-likeness (QED) is 0.726. The van der Waals surface area contributed by atoms with E-state index in [4.69, 9.17) is 9.52 Å². The minimum atomic E-state index is -1.20. The molecule has 9 heteroatoms. The normalized spacial score (nSPS) is 10.7. The molecular formula is C12H9N5O4. The van der Waals surface area contributed by atoms with E-state index in [-0.39, 0.29) is 18.1 Å². The van der Waals surface area contributed by atoms with E-state index in [1.165, 1.54) is 0 Å². The Kier molecular flexibility index (Phi) is 3.07. The maximum absolute atomic E-state index is 12.1. The summed E-state index contributed by atoms with van der Waals surface area (Å²) in [6.45, 7) is -0.0983. The molecule has 0 bridgehead atoms. The second kappa shape index (κ2) is 5.04. The number of aromatic nitrogens is 5. The fourth-order valence-corrected chi connectivity index (χ4v) is 1.71. The van der Waals surface area contributed by atoms with Gasteiger partial charge in [-0.15, -0.1) is 0 Å². The van der Waals surface area contributed by atoms with Crippen LogP contribution < -0.4 is 5.69 Å². The average Bonchev–Trinajstić information content (AvgIpc) is 3.09. The Balaban J connectivity index is 1.89. The highest BCUT2D eigenvalue weighted by atomic mass is 16.4. The lowest BCUT2D eigenvalue weighted by Crippen LogP contribution is -2.24. The molecule has 0 aliphatic heterocycles. The molecule has 0 spiro atoms. The summed E-state index contributed by atoms with van der Waals surface area (Å²) in [5.41, 5.74) is -0.128. The van der Waals surface area contributed by atoms with Crippen LogP contribution in [0.4, 0.5) is 0 Å². The Hall–Kier alpha value is -3.23. The molecule has 9 nitrogen and oxygen atoms in total. The largest absolute Gasteiger partial charge is 0.476 e. The Bertz CT molecular complexity index is 833. The van der Waals surface area contributed by atoms with Gasteiger partial charge in [-0.05, 0) is 22.6 Å². The van der Waals surface area contributed by atoms with Crippen molar-refractivity contribution in [1.82, 2.24) is 24.8 Å². The molecule has 1 aromatic carbocycles. The molecule has 106 valence electrons. The molecular weight excluding hydrogens is 278 g/mol. The number of hydrogen-bond donors (Lipinski definition) is 1. The number of rotatable bonds is 4. The fourth-order valence-electron chi connectivity index (χ4n) is 1.71. The van der Waals surface area contributed by atoms with Crippen molar-refractivity contribution in [3.63, 3.8) is 0 Å². The van der Waals surface area contributed by atoms with Gasteiger partial charge in [-0.1, -0.05) is 18.2 Å². The Morgan fingerprint density at radius 1 is 1.24 bits per heavy atom. The number of carboxylic acids is 1. The van der Waals surface area contributed by atoms with Gasteiger partial charge in [-0.25, -0.2) is 14.6 Å². The second-order valence-corrected chi connectivity index (χ2v) is 4.10. The number of tetrazole rings is 1. The van der Waals surface area contributed by atoms with Gasteiger partial charge in [0.2, 0.25) is 5.89 Å². The van der Waals surface area contributed by atoms with Crippen LogP contribution in [0, 0.1) is 0 Å². The maximum atomic E-state index is 12.1. The molecule has 2 heterocycles. The predicted molar refractivity (Wildman–Crippen MR) is 68.2 cm³/mol. The summed E-state index contributed by atoms with van der Waals surface area (Å²) in [5, 5.41) is 16.2. The number of para-hydroxylation sites is 1. The smallest absolute Gasteiger partial charge is 0.368 e. The van der Waals surface area contributed by atoms with Gasteiger partial charge >= 0.3 is 11.7 Å². The van der Waals surface area contributed by atoms with Gasteiger partial charge in [0.05, 0.1) is 5.69 Å². The van der Waals surface area contributed by atoms with Crippen molar-refractivity contribution < 1.29 is 14.3 Å². The summed E-state index contributed by atoms with van der Waals surface area (Å²) in [7, 11) is 0. The summed E-state index contributed by atoms with van der Waals surface area (Å²) < 4.78 is 7.13. The van der Waals surface area contributed by atoms with Crippen LogP contribution in [0.3, 0.4) is 0 Å². The first-order chi connectivity index (χ1) is 10.1. The zero-order valence-electron chi connectivity index (χ0n) is 10.6. The molecule has 1 N–H and O–H groups in total. The molecule has 0 atom stereocenters. The van der Waals surface area contributed by atoms with E-state index in [1.807, 2.05) is 6.07 Å². The van der Waals surface area contributed by atoms with Crippen LogP contribution in [-0.2, 0) is 6.54 Å². The molecule has 3 rings (SSSR count). The van der Waals surface area contributed by atoms with E-state index >= 15 is 0 Å². The van der Waals surface area contributed by atoms with Crippen LogP contribution in [-0.4, -0.2) is 35.9 Å². The Morgan fingerprint density at radius 3 is 2.67 bits per heavy atom. The zero-order chi connectivity index (χ0) is 14.8. The van der Waals surface area contributed by atoms with E-state index in [0.29, 0.717) is 5.69 Å². The third kappa shape index (κ3) is 2.43. The number of oxazole rings is 1. The molecule has 21 heavy (non-hydrogen) atoms. The van der Waals surface area contributed by atoms with Gasteiger partial charge in [0.25, 0.3) is 0 Å². The summed E-state index contributed by atoms with van der Waals surface area (Å²) in [5.74, 6) is -1.14. The van der Waals surface area contributed by atoms with E-state index in [9.17, 15) is 9.59 Å². The van der Waals surface area contributed by atoms with E-state index < -0.39 is 11.7 Å². The number of carbonyl (C=O) groups is 1. The third-order valence-corrected chi connectivity index (χ3v) is 2.70. The predicted octanol–water partition coefficient (Wildman–Crippen LogP) is 0.163. The SMILES string of the molecule is O=C(O)c1coc(Cn2nnn(-c3ccccc3)c2=O)n1. The number of nitrogens with zero attached hydrogens (tertiary/aromatic N) is 5. The molecule has 0 radical (unpaired) electrons. The second-order valence-electron chi connectivity index (χ2n) is 4.10. The van der Waals surface area contributed by atoms with Crippen molar-refractivity contribution in [2.45, 2.75) is 6.54 Å². The Morgan fingerprint density at radius 2 is 2.00 bits per heavy atom. The number of hydrogen-bond acceptors (Lipinski definition) is 6. The van der Waals surface area contributed by atoms with Gasteiger partial charge in [0.15, 0.2) is 5.69 Å². The summed E-state index contributed by atoms with van der Waals surface area (Å²) in [4.78, 5) is 26.6. The van der Waals surface area contributed by atoms with Gasteiger partial charge in [-0.2, -0.15) is 9.36 Å². The molecule has 3 aromatic rings. The van der Waals surface area contributed by atoms with Crippen molar-refractivity contribution >= 4 is 5.97 Å². The highest BCUT2D eigenvalue weighted by molar-refractivity contribution is 5.84. The number of benzene rings is 1. The van der Waals surface area contributed by atoms with Crippen molar-refractivity contribution in [2.75, 3.05) is 0 Å². The first-order valence-electron chi connectivity index (χ1n) is 5.91. The molecule has 0 amide bonds. The molecule has 0 aliphatic carbocycles. The van der Waals surface area contributed by atoms with Crippen molar-refractivity contribution in [1.29, 1.82) is 0 Å².